The van der Waals surface area contributed by atoms with Crippen molar-refractivity contribution in [3.05, 3.63) is 182 Å². The zero-order valence-corrected chi connectivity index (χ0v) is 30.4. The van der Waals surface area contributed by atoms with Crippen molar-refractivity contribution in [2.75, 3.05) is 0 Å². The minimum atomic E-state index is 0.590. The fourth-order valence-corrected chi connectivity index (χ4v) is 8.32. The first-order valence-electron chi connectivity index (χ1n) is 19.0. The molecule has 0 atom stereocenters. The zero-order valence-electron chi connectivity index (χ0n) is 30.4. The van der Waals surface area contributed by atoms with Crippen LogP contribution in [-0.2, 0) is 0 Å². The normalized spacial score (nSPS) is 11.9. The molecule has 0 fully saturated rings. The Balaban J connectivity index is 0.921. The number of aromatic nitrogens is 4. The molecule has 0 amide bonds. The van der Waals surface area contributed by atoms with Crippen LogP contribution in [0.3, 0.4) is 0 Å². The van der Waals surface area contributed by atoms with Crippen LogP contribution in [0, 0.1) is 0 Å². The number of hydrogen-bond acceptors (Lipinski definition) is 5. The van der Waals surface area contributed by atoms with E-state index in [4.69, 9.17) is 23.8 Å². The van der Waals surface area contributed by atoms with Crippen LogP contribution in [0.15, 0.2) is 191 Å². The summed E-state index contributed by atoms with van der Waals surface area (Å²) in [4.78, 5) is 14.7. The van der Waals surface area contributed by atoms with Crippen LogP contribution >= 0.6 is 0 Å². The predicted octanol–water partition coefficient (Wildman–Crippen LogP) is 13.4. The number of nitrogens with zero attached hydrogens (tertiary/aromatic N) is 4. The van der Waals surface area contributed by atoms with E-state index < -0.39 is 0 Å². The van der Waals surface area contributed by atoms with Gasteiger partial charge in [-0.15, -0.1) is 0 Å². The largest absolute Gasteiger partial charge is 0.456 e. The standard InChI is InChI=1S/C51H30N4O2/c1-3-11-31(12-4-1)49-52-50(32-13-5-2-6-14-32)54-51(53-49)35-20-24-41-42-27-33(21-26-45(42)56-47(41)29-35)34-19-23-39-40-25-22-36(30-48(40)57-46(39)28-34)55-43-17-9-7-15-37(43)38-16-8-10-18-44(38)55/h1-30H. The van der Waals surface area contributed by atoms with E-state index in [1.165, 1.54) is 21.8 Å². The maximum absolute atomic E-state index is 6.60. The lowest BCUT2D eigenvalue weighted by Crippen LogP contribution is -2.00. The van der Waals surface area contributed by atoms with Gasteiger partial charge < -0.3 is 13.4 Å². The monoisotopic (exact) mass is 730 g/mol. The molecule has 0 radical (unpaired) electrons. The number of fused-ring (bicyclic) bond motifs is 9. The molecule has 8 aromatic carbocycles. The number of rotatable bonds is 5. The second-order valence-corrected chi connectivity index (χ2v) is 14.4. The third kappa shape index (κ3) is 5.08. The Kier molecular flexibility index (Phi) is 6.83. The lowest BCUT2D eigenvalue weighted by atomic mass is 10.0. The molecule has 6 heteroatoms. The lowest BCUT2D eigenvalue weighted by molar-refractivity contribution is 0.669. The van der Waals surface area contributed by atoms with E-state index >= 15 is 0 Å². The summed E-state index contributed by atoms with van der Waals surface area (Å²) in [5, 5.41) is 6.73. The van der Waals surface area contributed by atoms with Gasteiger partial charge in [0.1, 0.15) is 22.3 Å². The summed E-state index contributed by atoms with van der Waals surface area (Å²) in [5.74, 6) is 1.84. The number of hydrogen-bond donors (Lipinski definition) is 0. The summed E-state index contributed by atoms with van der Waals surface area (Å²) >= 11 is 0. The molecule has 4 aromatic heterocycles. The molecular formula is C51H30N4O2. The van der Waals surface area contributed by atoms with Crippen molar-refractivity contribution in [2.24, 2.45) is 0 Å². The van der Waals surface area contributed by atoms with Gasteiger partial charge in [0.15, 0.2) is 17.5 Å². The summed E-state index contributed by atoms with van der Waals surface area (Å²) in [5.41, 5.74) is 11.6. The Morgan fingerprint density at radius 1 is 0.298 bits per heavy atom. The molecule has 12 rings (SSSR count). The summed E-state index contributed by atoms with van der Waals surface area (Å²) < 4.78 is 15.4. The highest BCUT2D eigenvalue weighted by Gasteiger charge is 2.17. The Morgan fingerprint density at radius 3 is 1.40 bits per heavy atom. The molecule has 0 aliphatic heterocycles. The smallest absolute Gasteiger partial charge is 0.164 e. The van der Waals surface area contributed by atoms with Gasteiger partial charge in [0.05, 0.1) is 11.0 Å². The average Bonchev–Trinajstić information content (AvgIpc) is 3.95. The second-order valence-electron chi connectivity index (χ2n) is 14.4. The van der Waals surface area contributed by atoms with Crippen molar-refractivity contribution >= 4 is 65.7 Å². The average molecular weight is 731 g/mol. The molecule has 0 N–H and O–H groups in total. The van der Waals surface area contributed by atoms with Crippen molar-refractivity contribution in [3.63, 3.8) is 0 Å². The van der Waals surface area contributed by atoms with E-state index in [9.17, 15) is 0 Å². The van der Waals surface area contributed by atoms with Crippen LogP contribution in [0.1, 0.15) is 0 Å². The molecule has 0 aliphatic rings. The van der Waals surface area contributed by atoms with Gasteiger partial charge in [-0.05, 0) is 71.8 Å². The topological polar surface area (TPSA) is 69.9 Å². The molecular weight excluding hydrogens is 701 g/mol. The summed E-state index contributed by atoms with van der Waals surface area (Å²) in [6.45, 7) is 0. The first kappa shape index (κ1) is 31.5. The summed E-state index contributed by atoms with van der Waals surface area (Å²) in [6.07, 6.45) is 0. The Morgan fingerprint density at radius 2 is 0.754 bits per heavy atom. The van der Waals surface area contributed by atoms with Gasteiger partial charge in [-0.2, -0.15) is 0 Å². The molecule has 0 spiro atoms. The van der Waals surface area contributed by atoms with E-state index in [0.29, 0.717) is 17.5 Å². The van der Waals surface area contributed by atoms with Gasteiger partial charge in [-0.25, -0.2) is 15.0 Å². The lowest BCUT2D eigenvalue weighted by Gasteiger charge is -2.08. The van der Waals surface area contributed by atoms with Crippen molar-refractivity contribution in [1.29, 1.82) is 0 Å². The first-order chi connectivity index (χ1) is 28.2. The van der Waals surface area contributed by atoms with Gasteiger partial charge in [0.2, 0.25) is 0 Å². The number of benzene rings is 8. The fourth-order valence-electron chi connectivity index (χ4n) is 8.32. The highest BCUT2D eigenvalue weighted by Crippen LogP contribution is 2.39. The van der Waals surface area contributed by atoms with Gasteiger partial charge in [0, 0.05) is 60.8 Å². The molecule has 0 bridgehead atoms. The first-order valence-corrected chi connectivity index (χ1v) is 19.0. The third-order valence-electron chi connectivity index (χ3n) is 11.1. The van der Waals surface area contributed by atoms with E-state index in [-0.39, 0.29) is 0 Å². The molecule has 0 saturated heterocycles. The Labute approximate surface area is 325 Å². The summed E-state index contributed by atoms with van der Waals surface area (Å²) in [7, 11) is 0. The third-order valence-corrected chi connectivity index (χ3v) is 11.1. The molecule has 266 valence electrons. The van der Waals surface area contributed by atoms with Crippen LogP contribution in [-0.4, -0.2) is 19.5 Å². The SMILES string of the molecule is c1ccc(-c2nc(-c3ccccc3)nc(-c3ccc4c(c3)oc3ccc(-c5ccc6c(c5)oc5cc(-n7c8ccccc8c8ccccc87)ccc56)cc34)n2)cc1. The second kappa shape index (κ2) is 12.3. The predicted molar refractivity (Wildman–Crippen MR) is 230 cm³/mol. The van der Waals surface area contributed by atoms with Crippen LogP contribution < -0.4 is 0 Å². The number of furan rings is 2. The van der Waals surface area contributed by atoms with E-state index in [1.807, 2.05) is 66.7 Å². The molecule has 12 aromatic rings. The molecule has 57 heavy (non-hydrogen) atoms. The van der Waals surface area contributed by atoms with Gasteiger partial charge in [-0.3, -0.25) is 0 Å². The van der Waals surface area contributed by atoms with Crippen LogP contribution in [0.4, 0.5) is 0 Å². The van der Waals surface area contributed by atoms with Crippen LogP contribution in [0.5, 0.6) is 0 Å². The molecule has 0 unspecified atom stereocenters. The zero-order chi connectivity index (χ0) is 37.5. The maximum Gasteiger partial charge on any atom is 0.164 e. The highest BCUT2D eigenvalue weighted by atomic mass is 16.3. The minimum Gasteiger partial charge on any atom is -0.456 e. The van der Waals surface area contributed by atoms with Crippen molar-refractivity contribution < 1.29 is 8.83 Å². The van der Waals surface area contributed by atoms with Crippen molar-refractivity contribution in [1.82, 2.24) is 19.5 Å². The summed E-state index contributed by atoms with van der Waals surface area (Å²) in [6, 6.07) is 62.8. The van der Waals surface area contributed by atoms with Crippen LogP contribution in [0.2, 0.25) is 0 Å². The van der Waals surface area contributed by atoms with E-state index in [1.54, 1.807) is 0 Å². The van der Waals surface area contributed by atoms with Crippen molar-refractivity contribution in [3.8, 4) is 51.0 Å². The van der Waals surface area contributed by atoms with E-state index in [0.717, 1.165) is 77.4 Å². The van der Waals surface area contributed by atoms with Gasteiger partial charge in [-0.1, -0.05) is 115 Å². The maximum atomic E-state index is 6.60. The fraction of sp³-hybridized carbons (Fsp3) is 0. The molecule has 4 heterocycles. The Bertz CT molecular complexity index is 3410. The van der Waals surface area contributed by atoms with Crippen LogP contribution in [0.25, 0.3) is 117 Å². The van der Waals surface area contributed by atoms with E-state index in [2.05, 4.69) is 120 Å². The van der Waals surface area contributed by atoms with Gasteiger partial charge >= 0.3 is 0 Å². The number of para-hydroxylation sites is 2. The van der Waals surface area contributed by atoms with Gasteiger partial charge in [0.25, 0.3) is 0 Å². The minimum absolute atomic E-state index is 0.590. The Hall–Kier alpha value is -7.83. The van der Waals surface area contributed by atoms with Crippen molar-refractivity contribution in [2.45, 2.75) is 0 Å². The molecule has 0 aliphatic carbocycles. The quantitative estimate of drug-likeness (QED) is 0.176. The molecule has 6 nitrogen and oxygen atoms in total. The molecule has 0 saturated carbocycles. The highest BCUT2D eigenvalue weighted by molar-refractivity contribution is 6.11.